The van der Waals surface area contributed by atoms with Crippen molar-refractivity contribution in [3.8, 4) is 0 Å². The highest BCUT2D eigenvalue weighted by atomic mass is 16.6. The first-order valence-electron chi connectivity index (χ1n) is 6.22. The topological polar surface area (TPSA) is 38.8 Å². The van der Waals surface area contributed by atoms with Gasteiger partial charge in [-0.3, -0.25) is 0 Å². The van der Waals surface area contributed by atoms with Crippen LogP contribution in [-0.2, 0) is 9.47 Å². The van der Waals surface area contributed by atoms with Crippen molar-refractivity contribution in [2.24, 2.45) is 5.92 Å². The fourth-order valence-electron chi connectivity index (χ4n) is 2.00. The van der Waals surface area contributed by atoms with Gasteiger partial charge in [0.15, 0.2) is 0 Å². The van der Waals surface area contributed by atoms with E-state index < -0.39 is 0 Å². The van der Waals surface area contributed by atoms with E-state index in [0.29, 0.717) is 24.7 Å². The number of nitrogens with zero attached hydrogens (tertiary/aromatic N) is 1. The third kappa shape index (κ3) is 2.88. The summed E-state index contributed by atoms with van der Waals surface area (Å²) in [5.74, 6) is 0.427. The summed E-state index contributed by atoms with van der Waals surface area (Å²) < 4.78 is 10.5. The molecule has 0 aliphatic heterocycles. The van der Waals surface area contributed by atoms with E-state index in [4.69, 9.17) is 9.47 Å². The van der Waals surface area contributed by atoms with Gasteiger partial charge < -0.3 is 14.4 Å². The van der Waals surface area contributed by atoms with Crippen molar-refractivity contribution >= 4 is 6.09 Å². The minimum atomic E-state index is -0.133. The van der Waals surface area contributed by atoms with Crippen LogP contribution in [0.5, 0.6) is 0 Å². The second kappa shape index (κ2) is 5.04. The van der Waals surface area contributed by atoms with Crippen molar-refractivity contribution in [3.63, 3.8) is 0 Å². The molecule has 0 aromatic carbocycles. The molecule has 2 unspecified atom stereocenters. The van der Waals surface area contributed by atoms with Crippen LogP contribution in [0.3, 0.4) is 0 Å². The Labute approximate surface area is 96.9 Å². The molecule has 0 bridgehead atoms. The molecule has 0 aromatic rings. The molecule has 0 saturated heterocycles. The number of ether oxygens (including phenoxy) is 2. The second-order valence-electron chi connectivity index (χ2n) is 4.77. The highest BCUT2D eigenvalue weighted by Gasteiger charge is 2.39. The molecule has 4 heteroatoms. The summed E-state index contributed by atoms with van der Waals surface area (Å²) in [6.45, 7) is 3.43. The Bertz CT molecular complexity index is 253. The number of hydrogen-bond acceptors (Lipinski definition) is 3. The smallest absolute Gasteiger partial charge is 0.410 e. The zero-order chi connectivity index (χ0) is 11.5. The highest BCUT2D eigenvalue weighted by molar-refractivity contribution is 5.68. The van der Waals surface area contributed by atoms with Crippen molar-refractivity contribution in [3.05, 3.63) is 0 Å². The molecule has 2 fully saturated rings. The van der Waals surface area contributed by atoms with Gasteiger partial charge in [-0.15, -0.1) is 0 Å². The van der Waals surface area contributed by atoms with Gasteiger partial charge in [0, 0.05) is 25.6 Å². The van der Waals surface area contributed by atoms with Gasteiger partial charge in [-0.2, -0.15) is 0 Å². The van der Waals surface area contributed by atoms with Crippen molar-refractivity contribution in [1.29, 1.82) is 0 Å². The fourth-order valence-corrected chi connectivity index (χ4v) is 2.00. The lowest BCUT2D eigenvalue weighted by Crippen LogP contribution is -2.34. The Balaban J connectivity index is 1.69. The predicted molar refractivity (Wildman–Crippen MR) is 60.3 cm³/mol. The standard InChI is InChI=1S/C12H21NO3/c1-3-6-13(10-4-5-10)12(14)16-8-9-7-11(9)15-2/h9-11H,3-8H2,1-2H3. The largest absolute Gasteiger partial charge is 0.449 e. The van der Waals surface area contributed by atoms with E-state index in [9.17, 15) is 4.79 Å². The molecular formula is C12H21NO3. The molecule has 2 atom stereocenters. The summed E-state index contributed by atoms with van der Waals surface area (Å²) in [4.78, 5) is 13.7. The Kier molecular flexibility index (Phi) is 3.69. The summed E-state index contributed by atoms with van der Waals surface area (Å²) in [6.07, 6.45) is 4.48. The number of carbonyl (C=O) groups excluding carboxylic acids is 1. The molecule has 0 heterocycles. The molecule has 0 spiro atoms. The maximum atomic E-state index is 11.8. The molecule has 16 heavy (non-hydrogen) atoms. The molecule has 1 amide bonds. The first-order chi connectivity index (χ1) is 7.76. The van der Waals surface area contributed by atoms with E-state index in [1.165, 1.54) is 0 Å². The zero-order valence-electron chi connectivity index (χ0n) is 10.1. The summed E-state index contributed by atoms with van der Waals surface area (Å²) >= 11 is 0. The third-order valence-electron chi connectivity index (χ3n) is 3.27. The van der Waals surface area contributed by atoms with E-state index >= 15 is 0 Å². The molecule has 2 saturated carbocycles. The zero-order valence-corrected chi connectivity index (χ0v) is 10.1. The Morgan fingerprint density at radius 1 is 1.44 bits per heavy atom. The van der Waals surface area contributed by atoms with E-state index in [-0.39, 0.29) is 6.09 Å². The minimum absolute atomic E-state index is 0.133. The van der Waals surface area contributed by atoms with Crippen LogP contribution in [0.1, 0.15) is 32.6 Å². The lowest BCUT2D eigenvalue weighted by Gasteiger charge is -2.20. The van der Waals surface area contributed by atoms with Crippen LogP contribution in [0.4, 0.5) is 4.79 Å². The first-order valence-corrected chi connectivity index (χ1v) is 6.22. The van der Waals surface area contributed by atoms with Gasteiger partial charge >= 0.3 is 6.09 Å². The first kappa shape index (κ1) is 11.7. The SMILES string of the molecule is CCCN(C(=O)OCC1CC1OC)C1CC1. The molecule has 0 aromatic heterocycles. The van der Waals surface area contributed by atoms with E-state index in [0.717, 1.165) is 32.2 Å². The summed E-state index contributed by atoms with van der Waals surface area (Å²) in [5, 5.41) is 0. The minimum Gasteiger partial charge on any atom is -0.449 e. The van der Waals surface area contributed by atoms with Crippen LogP contribution in [0.15, 0.2) is 0 Å². The Morgan fingerprint density at radius 2 is 2.19 bits per heavy atom. The van der Waals surface area contributed by atoms with E-state index in [2.05, 4.69) is 6.92 Å². The van der Waals surface area contributed by atoms with Crippen LogP contribution in [-0.4, -0.2) is 43.4 Å². The van der Waals surface area contributed by atoms with Crippen LogP contribution >= 0.6 is 0 Å². The molecule has 0 radical (unpaired) electrons. The number of amides is 1. The van der Waals surface area contributed by atoms with Crippen LogP contribution < -0.4 is 0 Å². The molecular weight excluding hydrogens is 206 g/mol. The summed E-state index contributed by atoms with van der Waals surface area (Å²) in [7, 11) is 1.71. The van der Waals surface area contributed by atoms with Crippen LogP contribution in [0, 0.1) is 5.92 Å². The quantitative estimate of drug-likeness (QED) is 0.697. The van der Waals surface area contributed by atoms with Crippen molar-refractivity contribution in [2.45, 2.75) is 44.8 Å². The van der Waals surface area contributed by atoms with E-state index in [1.54, 1.807) is 7.11 Å². The monoisotopic (exact) mass is 227 g/mol. The predicted octanol–water partition coefficient (Wildman–Crippen LogP) is 2.03. The fraction of sp³-hybridized carbons (Fsp3) is 0.917. The molecule has 2 rings (SSSR count). The third-order valence-corrected chi connectivity index (χ3v) is 3.27. The molecule has 2 aliphatic rings. The molecule has 0 N–H and O–H groups in total. The van der Waals surface area contributed by atoms with Gasteiger partial charge in [-0.25, -0.2) is 4.79 Å². The Morgan fingerprint density at radius 3 is 2.69 bits per heavy atom. The average molecular weight is 227 g/mol. The maximum absolute atomic E-state index is 11.8. The van der Waals surface area contributed by atoms with Crippen LogP contribution in [0.2, 0.25) is 0 Å². The van der Waals surface area contributed by atoms with Gasteiger partial charge in [-0.05, 0) is 25.7 Å². The number of rotatable bonds is 6. The lowest BCUT2D eigenvalue weighted by molar-refractivity contribution is 0.0854. The normalized spacial score (nSPS) is 27.6. The highest BCUT2D eigenvalue weighted by Crippen LogP contribution is 2.34. The number of hydrogen-bond donors (Lipinski definition) is 0. The van der Waals surface area contributed by atoms with Crippen LogP contribution in [0.25, 0.3) is 0 Å². The van der Waals surface area contributed by atoms with Crippen molar-refractivity contribution in [2.75, 3.05) is 20.3 Å². The summed E-state index contributed by atoms with van der Waals surface area (Å²) in [6, 6.07) is 0.449. The van der Waals surface area contributed by atoms with Gasteiger partial charge in [0.25, 0.3) is 0 Å². The average Bonchev–Trinajstić information content (AvgIpc) is 3.16. The van der Waals surface area contributed by atoms with E-state index in [1.807, 2.05) is 4.90 Å². The van der Waals surface area contributed by atoms with Crippen molar-refractivity contribution < 1.29 is 14.3 Å². The summed E-state index contributed by atoms with van der Waals surface area (Å²) in [5.41, 5.74) is 0. The number of methoxy groups -OCH3 is 1. The van der Waals surface area contributed by atoms with Gasteiger partial charge in [0.05, 0.1) is 12.7 Å². The molecule has 2 aliphatic carbocycles. The molecule has 4 nitrogen and oxygen atoms in total. The Hall–Kier alpha value is -0.770. The van der Waals surface area contributed by atoms with Gasteiger partial charge in [-0.1, -0.05) is 6.92 Å². The molecule has 92 valence electrons. The lowest BCUT2D eigenvalue weighted by atomic mass is 10.4. The number of carbonyl (C=O) groups is 1. The van der Waals surface area contributed by atoms with Gasteiger partial charge in [0.1, 0.15) is 0 Å². The van der Waals surface area contributed by atoms with Gasteiger partial charge in [0.2, 0.25) is 0 Å². The van der Waals surface area contributed by atoms with Crippen molar-refractivity contribution in [1.82, 2.24) is 4.90 Å². The second-order valence-corrected chi connectivity index (χ2v) is 4.77. The maximum Gasteiger partial charge on any atom is 0.410 e.